The standard InChI is InChI=1S/C15H16F3NO/c1-2-9-20-12-8-4-6-10-5-3-7-11(13(10)12)14(19)15(16,17)18/h3-8,14H,2,9,19H2,1H3/t14-/m0/s1. The van der Waals surface area contributed by atoms with Crippen LogP contribution in [0.25, 0.3) is 10.8 Å². The van der Waals surface area contributed by atoms with E-state index in [-0.39, 0.29) is 5.56 Å². The smallest absolute Gasteiger partial charge is 0.407 e. The SMILES string of the molecule is CCCOc1cccc2cccc([C@H](N)C(F)(F)F)c12. The first-order valence-electron chi connectivity index (χ1n) is 6.42. The van der Waals surface area contributed by atoms with Crippen LogP contribution in [0.5, 0.6) is 5.75 Å². The van der Waals surface area contributed by atoms with Crippen molar-refractivity contribution in [1.29, 1.82) is 0 Å². The van der Waals surface area contributed by atoms with Crippen molar-refractivity contribution in [3.05, 3.63) is 42.0 Å². The van der Waals surface area contributed by atoms with E-state index in [9.17, 15) is 13.2 Å². The Kier molecular flexibility index (Phi) is 4.18. The Morgan fingerprint density at radius 1 is 1.15 bits per heavy atom. The van der Waals surface area contributed by atoms with Crippen LogP contribution in [-0.2, 0) is 0 Å². The molecule has 20 heavy (non-hydrogen) atoms. The van der Waals surface area contributed by atoms with Crippen molar-refractivity contribution in [1.82, 2.24) is 0 Å². The van der Waals surface area contributed by atoms with Crippen molar-refractivity contribution >= 4 is 10.8 Å². The number of benzene rings is 2. The second kappa shape index (κ2) is 5.71. The summed E-state index contributed by atoms with van der Waals surface area (Å²) in [6.07, 6.45) is -3.70. The molecule has 108 valence electrons. The lowest BCUT2D eigenvalue weighted by atomic mass is 9.98. The van der Waals surface area contributed by atoms with Gasteiger partial charge in [0.15, 0.2) is 0 Å². The highest BCUT2D eigenvalue weighted by Gasteiger charge is 2.39. The molecule has 0 spiro atoms. The molecule has 0 fully saturated rings. The van der Waals surface area contributed by atoms with Crippen LogP contribution in [0, 0.1) is 0 Å². The van der Waals surface area contributed by atoms with E-state index < -0.39 is 12.2 Å². The van der Waals surface area contributed by atoms with E-state index in [4.69, 9.17) is 10.5 Å². The zero-order valence-electron chi connectivity index (χ0n) is 11.1. The van der Waals surface area contributed by atoms with E-state index >= 15 is 0 Å². The first-order valence-corrected chi connectivity index (χ1v) is 6.42. The number of hydrogen-bond acceptors (Lipinski definition) is 2. The van der Waals surface area contributed by atoms with E-state index in [1.54, 1.807) is 30.3 Å². The Balaban J connectivity index is 2.59. The van der Waals surface area contributed by atoms with E-state index in [1.807, 2.05) is 6.92 Å². The zero-order chi connectivity index (χ0) is 14.8. The molecular weight excluding hydrogens is 267 g/mol. The first-order chi connectivity index (χ1) is 9.45. The monoisotopic (exact) mass is 283 g/mol. The van der Waals surface area contributed by atoms with Crippen molar-refractivity contribution in [2.45, 2.75) is 25.6 Å². The third-order valence-corrected chi connectivity index (χ3v) is 3.05. The fraction of sp³-hybridized carbons (Fsp3) is 0.333. The topological polar surface area (TPSA) is 35.2 Å². The van der Waals surface area contributed by atoms with Gasteiger partial charge in [0.05, 0.1) is 6.61 Å². The lowest BCUT2D eigenvalue weighted by Gasteiger charge is -2.19. The fourth-order valence-corrected chi connectivity index (χ4v) is 2.10. The molecule has 0 radical (unpaired) electrons. The van der Waals surface area contributed by atoms with Crippen LogP contribution in [-0.4, -0.2) is 12.8 Å². The molecule has 2 nitrogen and oxygen atoms in total. The molecule has 2 rings (SSSR count). The molecule has 0 unspecified atom stereocenters. The maximum atomic E-state index is 12.9. The minimum absolute atomic E-state index is 0.0432. The van der Waals surface area contributed by atoms with Crippen molar-refractivity contribution < 1.29 is 17.9 Å². The molecule has 0 aromatic heterocycles. The average molecular weight is 283 g/mol. The molecule has 0 amide bonds. The molecule has 0 heterocycles. The van der Waals surface area contributed by atoms with Crippen LogP contribution in [0.1, 0.15) is 24.9 Å². The number of nitrogens with two attached hydrogens (primary N) is 1. The Morgan fingerprint density at radius 3 is 2.40 bits per heavy atom. The van der Waals surface area contributed by atoms with Crippen LogP contribution in [0.15, 0.2) is 36.4 Å². The minimum Gasteiger partial charge on any atom is -0.493 e. The van der Waals surface area contributed by atoms with Crippen LogP contribution in [0.4, 0.5) is 13.2 Å². The summed E-state index contributed by atoms with van der Waals surface area (Å²) in [5, 5.41) is 1.13. The Bertz CT molecular complexity index is 590. The summed E-state index contributed by atoms with van der Waals surface area (Å²) in [4.78, 5) is 0. The molecule has 1 atom stereocenters. The highest BCUT2D eigenvalue weighted by atomic mass is 19.4. The molecule has 0 aliphatic carbocycles. The summed E-state index contributed by atoms with van der Waals surface area (Å²) in [5.41, 5.74) is 5.40. The van der Waals surface area contributed by atoms with E-state index in [1.165, 1.54) is 6.07 Å². The number of alkyl halides is 3. The lowest BCUT2D eigenvalue weighted by Crippen LogP contribution is -2.28. The van der Waals surface area contributed by atoms with Gasteiger partial charge in [0.2, 0.25) is 0 Å². The summed E-state index contributed by atoms with van der Waals surface area (Å²) < 4.78 is 44.2. The lowest BCUT2D eigenvalue weighted by molar-refractivity contribution is -0.148. The van der Waals surface area contributed by atoms with Gasteiger partial charge in [-0.1, -0.05) is 37.3 Å². The van der Waals surface area contributed by atoms with Gasteiger partial charge in [-0.2, -0.15) is 13.2 Å². The van der Waals surface area contributed by atoms with Gasteiger partial charge in [0.25, 0.3) is 0 Å². The third kappa shape index (κ3) is 2.88. The minimum atomic E-state index is -4.48. The van der Waals surface area contributed by atoms with Gasteiger partial charge in [-0.15, -0.1) is 0 Å². The number of hydrogen-bond donors (Lipinski definition) is 1. The number of ether oxygens (including phenoxy) is 1. The zero-order valence-corrected chi connectivity index (χ0v) is 11.1. The summed E-state index contributed by atoms with van der Waals surface area (Å²) in [7, 11) is 0. The van der Waals surface area contributed by atoms with Crippen molar-refractivity contribution in [2.24, 2.45) is 5.73 Å². The van der Waals surface area contributed by atoms with Crippen LogP contribution in [0.2, 0.25) is 0 Å². The molecule has 2 aromatic rings. The largest absolute Gasteiger partial charge is 0.493 e. The highest BCUT2D eigenvalue weighted by molar-refractivity contribution is 5.91. The van der Waals surface area contributed by atoms with Crippen LogP contribution in [0.3, 0.4) is 0 Å². The molecular formula is C15H16F3NO. The molecule has 0 saturated carbocycles. The molecule has 2 N–H and O–H groups in total. The molecule has 5 heteroatoms. The number of halogens is 3. The third-order valence-electron chi connectivity index (χ3n) is 3.05. The summed E-state index contributed by atoms with van der Waals surface area (Å²) in [5.74, 6) is 0.444. The predicted molar refractivity (Wildman–Crippen MR) is 72.7 cm³/mol. The average Bonchev–Trinajstić information content (AvgIpc) is 2.42. The van der Waals surface area contributed by atoms with Crippen molar-refractivity contribution in [3.8, 4) is 5.75 Å². The quantitative estimate of drug-likeness (QED) is 0.913. The van der Waals surface area contributed by atoms with Gasteiger partial charge in [-0.05, 0) is 23.4 Å². The van der Waals surface area contributed by atoms with Gasteiger partial charge >= 0.3 is 6.18 Å². The number of fused-ring (bicyclic) bond motifs is 1. The van der Waals surface area contributed by atoms with Gasteiger partial charge in [-0.3, -0.25) is 0 Å². The predicted octanol–water partition coefficient (Wildman–Crippen LogP) is 4.19. The maximum absolute atomic E-state index is 12.9. The Labute approximate surface area is 115 Å². The molecule has 0 saturated heterocycles. The summed E-state index contributed by atoms with van der Waals surface area (Å²) in [6, 6.07) is 7.90. The van der Waals surface area contributed by atoms with Gasteiger partial charge < -0.3 is 10.5 Å². The Morgan fingerprint density at radius 2 is 1.80 bits per heavy atom. The second-order valence-corrected chi connectivity index (χ2v) is 4.57. The van der Waals surface area contributed by atoms with E-state index in [2.05, 4.69) is 0 Å². The van der Waals surface area contributed by atoms with Crippen molar-refractivity contribution in [3.63, 3.8) is 0 Å². The van der Waals surface area contributed by atoms with Crippen LogP contribution >= 0.6 is 0 Å². The normalized spacial score (nSPS) is 13.4. The maximum Gasteiger partial charge on any atom is 0.407 e. The number of rotatable bonds is 4. The first kappa shape index (κ1) is 14.7. The molecule has 2 aromatic carbocycles. The van der Waals surface area contributed by atoms with Gasteiger partial charge in [0, 0.05) is 5.39 Å². The van der Waals surface area contributed by atoms with Gasteiger partial charge in [-0.25, -0.2) is 0 Å². The van der Waals surface area contributed by atoms with Crippen LogP contribution < -0.4 is 10.5 Å². The van der Waals surface area contributed by atoms with E-state index in [0.717, 1.165) is 6.42 Å². The molecule has 0 aliphatic heterocycles. The Hall–Kier alpha value is -1.75. The molecule has 0 aliphatic rings. The van der Waals surface area contributed by atoms with Crippen molar-refractivity contribution in [2.75, 3.05) is 6.61 Å². The summed E-state index contributed by atoms with van der Waals surface area (Å²) in [6.45, 7) is 2.39. The summed E-state index contributed by atoms with van der Waals surface area (Å²) >= 11 is 0. The van der Waals surface area contributed by atoms with Gasteiger partial charge in [0.1, 0.15) is 11.8 Å². The highest BCUT2D eigenvalue weighted by Crippen LogP contribution is 2.38. The van der Waals surface area contributed by atoms with E-state index in [0.29, 0.717) is 23.1 Å². The molecule has 0 bridgehead atoms. The fourth-order valence-electron chi connectivity index (χ4n) is 2.10. The second-order valence-electron chi connectivity index (χ2n) is 4.57.